The maximum Gasteiger partial charge on any atom is 0.293 e. The zero-order valence-corrected chi connectivity index (χ0v) is 16.1. The van der Waals surface area contributed by atoms with Crippen molar-refractivity contribution in [1.82, 2.24) is 0 Å². The molecule has 0 aromatic heterocycles. The van der Waals surface area contributed by atoms with Crippen LogP contribution in [-0.2, 0) is 4.79 Å². The first-order valence-corrected chi connectivity index (χ1v) is 9.27. The SMILES string of the molecule is Cc1cc(NC(=O)C[NH+]2CCN(c3ccccc3O)CC2)c([N+](=O)[O-])cc1C. The van der Waals surface area contributed by atoms with Gasteiger partial charge in [-0.15, -0.1) is 0 Å². The zero-order chi connectivity index (χ0) is 20.3. The molecule has 28 heavy (non-hydrogen) atoms. The van der Waals surface area contributed by atoms with Crippen LogP contribution in [0.5, 0.6) is 5.75 Å². The number of nitrogens with zero attached hydrogens (tertiary/aromatic N) is 2. The fraction of sp³-hybridized carbons (Fsp3) is 0.350. The maximum atomic E-state index is 12.4. The minimum absolute atomic E-state index is 0.0872. The van der Waals surface area contributed by atoms with Crippen LogP contribution in [0.2, 0.25) is 0 Å². The smallest absolute Gasteiger partial charge is 0.293 e. The topological polar surface area (TPSA) is 100 Å². The Morgan fingerprint density at radius 3 is 2.50 bits per heavy atom. The van der Waals surface area contributed by atoms with Crippen molar-refractivity contribution in [2.24, 2.45) is 0 Å². The molecule has 2 aromatic carbocycles. The summed E-state index contributed by atoms with van der Waals surface area (Å²) in [7, 11) is 0. The number of carbonyl (C=O) groups is 1. The third-order valence-electron chi connectivity index (χ3n) is 5.19. The van der Waals surface area contributed by atoms with Gasteiger partial charge in [-0.05, 0) is 43.2 Å². The highest BCUT2D eigenvalue weighted by atomic mass is 16.6. The molecule has 0 radical (unpaired) electrons. The van der Waals surface area contributed by atoms with Crippen LogP contribution in [0.3, 0.4) is 0 Å². The van der Waals surface area contributed by atoms with Crippen molar-refractivity contribution in [3.8, 4) is 5.75 Å². The Labute approximate surface area is 163 Å². The molecule has 1 heterocycles. The van der Waals surface area contributed by atoms with Crippen molar-refractivity contribution < 1.29 is 19.7 Å². The molecule has 1 amide bonds. The van der Waals surface area contributed by atoms with Gasteiger partial charge < -0.3 is 20.2 Å². The van der Waals surface area contributed by atoms with Crippen molar-refractivity contribution in [1.29, 1.82) is 0 Å². The van der Waals surface area contributed by atoms with Crippen molar-refractivity contribution >= 4 is 23.0 Å². The minimum atomic E-state index is -0.472. The van der Waals surface area contributed by atoms with Gasteiger partial charge in [-0.25, -0.2) is 0 Å². The molecular formula is C20H25N4O4+. The van der Waals surface area contributed by atoms with E-state index in [1.165, 1.54) is 6.07 Å². The summed E-state index contributed by atoms with van der Waals surface area (Å²) in [4.78, 5) is 26.5. The number of para-hydroxylation sites is 2. The fourth-order valence-electron chi connectivity index (χ4n) is 3.45. The van der Waals surface area contributed by atoms with Crippen molar-refractivity contribution in [3.05, 3.63) is 57.6 Å². The highest BCUT2D eigenvalue weighted by Crippen LogP contribution is 2.28. The summed E-state index contributed by atoms with van der Waals surface area (Å²) in [6, 6.07) is 10.4. The van der Waals surface area contributed by atoms with E-state index in [0.717, 1.165) is 47.9 Å². The standard InChI is InChI=1S/C20H24N4O4/c1-14-11-16(18(24(27)28)12-15(14)2)21-20(26)13-22-7-9-23(10-8-22)17-5-3-4-6-19(17)25/h3-6,11-12,25H,7-10,13H2,1-2H3,(H,21,26)/p+1. The van der Waals surface area contributed by atoms with Gasteiger partial charge in [0.1, 0.15) is 11.4 Å². The molecule has 8 nitrogen and oxygen atoms in total. The maximum absolute atomic E-state index is 12.4. The number of nitro groups is 1. The lowest BCUT2D eigenvalue weighted by atomic mass is 10.1. The van der Waals surface area contributed by atoms with Crippen molar-refractivity contribution in [2.75, 3.05) is 42.9 Å². The molecule has 3 N–H and O–H groups in total. The van der Waals surface area contributed by atoms with Crippen LogP contribution in [-0.4, -0.2) is 48.7 Å². The summed E-state index contributed by atoms with van der Waals surface area (Å²) in [6.07, 6.45) is 0. The van der Waals surface area contributed by atoms with E-state index in [0.29, 0.717) is 0 Å². The molecule has 8 heteroatoms. The van der Waals surface area contributed by atoms with E-state index in [4.69, 9.17) is 0 Å². The number of aryl methyl sites for hydroxylation is 2. The molecule has 0 spiro atoms. The number of hydrogen-bond donors (Lipinski definition) is 3. The molecule has 148 valence electrons. The molecule has 1 aliphatic rings. The average Bonchev–Trinajstić information content (AvgIpc) is 2.65. The van der Waals surface area contributed by atoms with E-state index in [9.17, 15) is 20.0 Å². The second kappa shape index (κ2) is 8.26. The third-order valence-corrected chi connectivity index (χ3v) is 5.19. The van der Waals surface area contributed by atoms with Crippen molar-refractivity contribution in [3.63, 3.8) is 0 Å². The quantitative estimate of drug-likeness (QED) is 0.532. The summed E-state index contributed by atoms with van der Waals surface area (Å²) in [6.45, 7) is 6.86. The first-order chi connectivity index (χ1) is 13.3. The first-order valence-electron chi connectivity index (χ1n) is 9.27. The molecule has 0 atom stereocenters. The van der Waals surface area contributed by atoms with Gasteiger partial charge in [0.05, 0.1) is 36.8 Å². The number of carbonyl (C=O) groups excluding carboxylic acids is 1. The van der Waals surface area contributed by atoms with Gasteiger partial charge in [-0.2, -0.15) is 0 Å². The van der Waals surface area contributed by atoms with E-state index >= 15 is 0 Å². The molecule has 2 aromatic rings. The third kappa shape index (κ3) is 4.40. The minimum Gasteiger partial charge on any atom is -0.506 e. The number of rotatable bonds is 5. The first kappa shape index (κ1) is 19.6. The van der Waals surface area contributed by atoms with Gasteiger partial charge in [-0.1, -0.05) is 12.1 Å². The highest BCUT2D eigenvalue weighted by molar-refractivity contribution is 5.94. The Kier molecular flexibility index (Phi) is 5.79. The summed E-state index contributed by atoms with van der Waals surface area (Å²) >= 11 is 0. The van der Waals surface area contributed by atoms with Gasteiger partial charge in [-0.3, -0.25) is 14.9 Å². The summed E-state index contributed by atoms with van der Waals surface area (Å²) in [5.74, 6) is 0.0168. The van der Waals surface area contributed by atoms with Crippen LogP contribution < -0.4 is 15.1 Å². The summed E-state index contributed by atoms with van der Waals surface area (Å²) < 4.78 is 0. The molecule has 1 aliphatic heterocycles. The molecule has 0 aliphatic carbocycles. The monoisotopic (exact) mass is 385 g/mol. The lowest BCUT2D eigenvalue weighted by molar-refractivity contribution is -0.892. The van der Waals surface area contributed by atoms with Crippen LogP contribution in [0.25, 0.3) is 0 Å². The number of nitrogens with one attached hydrogen (secondary N) is 2. The van der Waals surface area contributed by atoms with Gasteiger partial charge >= 0.3 is 0 Å². The molecular weight excluding hydrogens is 360 g/mol. The Morgan fingerprint density at radius 1 is 1.21 bits per heavy atom. The predicted molar refractivity (Wildman–Crippen MR) is 107 cm³/mol. The molecule has 0 bridgehead atoms. The number of anilines is 2. The van der Waals surface area contributed by atoms with Gasteiger partial charge in [0.2, 0.25) is 0 Å². The molecule has 1 saturated heterocycles. The molecule has 0 unspecified atom stereocenters. The normalized spacial score (nSPS) is 14.7. The van der Waals surface area contributed by atoms with Crippen LogP contribution >= 0.6 is 0 Å². The molecule has 0 saturated carbocycles. The Balaban J connectivity index is 1.59. The van der Waals surface area contributed by atoms with E-state index in [1.807, 2.05) is 26.0 Å². The number of benzene rings is 2. The fourth-order valence-corrected chi connectivity index (χ4v) is 3.45. The molecule has 3 rings (SSSR count). The van der Waals surface area contributed by atoms with E-state index < -0.39 is 4.92 Å². The Bertz CT molecular complexity index is 892. The van der Waals surface area contributed by atoms with E-state index in [-0.39, 0.29) is 29.6 Å². The predicted octanol–water partition coefficient (Wildman–Crippen LogP) is 1.26. The second-order valence-corrected chi connectivity index (χ2v) is 7.16. The lowest BCUT2D eigenvalue weighted by Crippen LogP contribution is -3.15. The number of piperazine rings is 1. The highest BCUT2D eigenvalue weighted by Gasteiger charge is 2.25. The van der Waals surface area contributed by atoms with Crippen LogP contribution in [0.4, 0.5) is 17.1 Å². The number of phenolic OH excluding ortho intramolecular Hbond substituents is 1. The van der Waals surface area contributed by atoms with Crippen LogP contribution in [0.1, 0.15) is 11.1 Å². The lowest BCUT2D eigenvalue weighted by Gasteiger charge is -2.33. The summed E-state index contributed by atoms with van der Waals surface area (Å²) in [5.41, 5.74) is 2.66. The van der Waals surface area contributed by atoms with Crippen molar-refractivity contribution in [2.45, 2.75) is 13.8 Å². The summed E-state index contributed by atoms with van der Waals surface area (Å²) in [5, 5.41) is 24.0. The van der Waals surface area contributed by atoms with E-state index in [2.05, 4.69) is 10.2 Å². The molecule has 1 fully saturated rings. The Morgan fingerprint density at radius 2 is 1.86 bits per heavy atom. The second-order valence-electron chi connectivity index (χ2n) is 7.16. The van der Waals surface area contributed by atoms with Gasteiger partial charge in [0.15, 0.2) is 6.54 Å². The number of amides is 1. The largest absolute Gasteiger partial charge is 0.506 e. The van der Waals surface area contributed by atoms with E-state index in [1.54, 1.807) is 18.2 Å². The number of nitro benzene ring substituents is 1. The van der Waals surface area contributed by atoms with Crippen LogP contribution in [0.15, 0.2) is 36.4 Å². The zero-order valence-electron chi connectivity index (χ0n) is 16.1. The van der Waals surface area contributed by atoms with Gasteiger partial charge in [0.25, 0.3) is 11.6 Å². The van der Waals surface area contributed by atoms with Crippen LogP contribution in [0, 0.1) is 24.0 Å². The Hall–Kier alpha value is -3.13. The number of aromatic hydroxyl groups is 1. The number of phenols is 1. The number of hydrogen-bond acceptors (Lipinski definition) is 5. The van der Waals surface area contributed by atoms with Gasteiger partial charge in [0, 0.05) is 6.07 Å². The average molecular weight is 385 g/mol. The number of quaternary nitrogens is 1.